The quantitative estimate of drug-likeness (QED) is 0.587. The molecule has 0 heterocycles. The maximum absolute atomic E-state index is 5.29. The smallest absolute Gasteiger partial charge is 0.187 e. The fourth-order valence-corrected chi connectivity index (χ4v) is 2.95. The zero-order chi connectivity index (χ0) is 12.1. The van der Waals surface area contributed by atoms with Crippen molar-refractivity contribution in [2.75, 3.05) is 0 Å². The van der Waals surface area contributed by atoms with E-state index in [1.54, 1.807) is 0 Å². The number of hydrogen-bond acceptors (Lipinski definition) is 2. The first-order valence-electron chi connectivity index (χ1n) is 6.87. The lowest BCUT2D eigenvalue weighted by Crippen LogP contribution is -2.44. The molecular weight excluding hydrogens is 230 g/mol. The molecule has 3 nitrogen and oxygen atoms in total. The second-order valence-corrected chi connectivity index (χ2v) is 5.75. The lowest BCUT2D eigenvalue weighted by molar-refractivity contribution is 0.308. The number of rotatable bonds is 2. The van der Waals surface area contributed by atoms with Crippen LogP contribution < -0.4 is 10.7 Å². The van der Waals surface area contributed by atoms with E-state index in [4.69, 9.17) is 12.2 Å². The molecule has 2 atom stereocenters. The molecule has 2 N–H and O–H groups in total. The number of thiocarbonyl (C=S) groups is 1. The van der Waals surface area contributed by atoms with E-state index in [9.17, 15) is 0 Å². The molecule has 0 aromatic rings. The summed E-state index contributed by atoms with van der Waals surface area (Å²) in [5, 5.41) is 8.48. The summed E-state index contributed by atoms with van der Waals surface area (Å²) in [4.78, 5) is 0. The van der Waals surface area contributed by atoms with Crippen LogP contribution in [0.25, 0.3) is 0 Å². The molecule has 0 bridgehead atoms. The van der Waals surface area contributed by atoms with Gasteiger partial charge in [-0.05, 0) is 56.7 Å². The Labute approximate surface area is 109 Å². The van der Waals surface area contributed by atoms with Crippen molar-refractivity contribution in [2.45, 2.75) is 64.3 Å². The van der Waals surface area contributed by atoms with Gasteiger partial charge in [0.15, 0.2) is 5.11 Å². The van der Waals surface area contributed by atoms with Gasteiger partial charge < -0.3 is 5.32 Å². The van der Waals surface area contributed by atoms with Crippen molar-refractivity contribution >= 4 is 23.0 Å². The van der Waals surface area contributed by atoms with Crippen LogP contribution in [0.2, 0.25) is 0 Å². The third-order valence-electron chi connectivity index (χ3n) is 3.92. The summed E-state index contributed by atoms with van der Waals surface area (Å²) < 4.78 is 0. The van der Waals surface area contributed by atoms with Crippen molar-refractivity contribution in [3.63, 3.8) is 0 Å². The van der Waals surface area contributed by atoms with Crippen molar-refractivity contribution < 1.29 is 0 Å². The molecule has 2 aliphatic carbocycles. The zero-order valence-corrected chi connectivity index (χ0v) is 11.5. The van der Waals surface area contributed by atoms with Crippen molar-refractivity contribution in [1.29, 1.82) is 0 Å². The van der Waals surface area contributed by atoms with Crippen molar-refractivity contribution in [3.8, 4) is 0 Å². The highest BCUT2D eigenvalue weighted by atomic mass is 32.1. The van der Waals surface area contributed by atoms with Crippen LogP contribution in [-0.4, -0.2) is 16.9 Å². The Morgan fingerprint density at radius 3 is 2.59 bits per heavy atom. The molecule has 17 heavy (non-hydrogen) atoms. The largest absolute Gasteiger partial charge is 0.358 e. The highest BCUT2D eigenvalue weighted by Crippen LogP contribution is 2.23. The summed E-state index contributed by atoms with van der Waals surface area (Å²) in [6.45, 7) is 2.31. The first-order valence-corrected chi connectivity index (χ1v) is 7.28. The van der Waals surface area contributed by atoms with E-state index < -0.39 is 0 Å². The van der Waals surface area contributed by atoms with Crippen LogP contribution in [0.1, 0.15) is 58.3 Å². The van der Waals surface area contributed by atoms with Crippen LogP contribution >= 0.6 is 12.2 Å². The maximum atomic E-state index is 5.29. The summed E-state index contributed by atoms with van der Waals surface area (Å²) in [6, 6.07) is 0.535. The van der Waals surface area contributed by atoms with Crippen LogP contribution in [0, 0.1) is 5.92 Å². The molecule has 4 heteroatoms. The minimum atomic E-state index is 0.535. The van der Waals surface area contributed by atoms with Crippen molar-refractivity contribution in [3.05, 3.63) is 0 Å². The Morgan fingerprint density at radius 2 is 1.88 bits per heavy atom. The third-order valence-corrected chi connectivity index (χ3v) is 4.13. The number of hydrogen-bond donors (Lipinski definition) is 2. The van der Waals surface area contributed by atoms with E-state index in [1.807, 2.05) is 0 Å². The number of nitrogens with one attached hydrogen (secondary N) is 2. The van der Waals surface area contributed by atoms with Gasteiger partial charge in [0, 0.05) is 11.8 Å². The Hall–Kier alpha value is -0.640. The average Bonchev–Trinajstić information content (AvgIpc) is 2.82. The van der Waals surface area contributed by atoms with Crippen molar-refractivity contribution in [2.24, 2.45) is 11.0 Å². The first-order chi connectivity index (χ1) is 8.25. The van der Waals surface area contributed by atoms with Crippen LogP contribution in [0.3, 0.4) is 0 Å². The average molecular weight is 253 g/mol. The van der Waals surface area contributed by atoms with Gasteiger partial charge in [0.05, 0.1) is 0 Å². The second kappa shape index (κ2) is 6.34. The lowest BCUT2D eigenvalue weighted by atomic mass is 9.86. The fourth-order valence-electron chi connectivity index (χ4n) is 2.76. The summed E-state index contributed by atoms with van der Waals surface area (Å²) >= 11 is 5.29. The van der Waals surface area contributed by atoms with Gasteiger partial charge in [-0.1, -0.05) is 19.8 Å². The van der Waals surface area contributed by atoms with Gasteiger partial charge in [-0.3, -0.25) is 5.43 Å². The summed E-state index contributed by atoms with van der Waals surface area (Å²) in [5.41, 5.74) is 4.27. The molecule has 0 aromatic heterocycles. The molecule has 2 saturated carbocycles. The molecule has 0 aromatic carbocycles. The van der Waals surface area contributed by atoms with Gasteiger partial charge >= 0.3 is 0 Å². The molecule has 2 fully saturated rings. The highest BCUT2D eigenvalue weighted by Gasteiger charge is 2.21. The lowest BCUT2D eigenvalue weighted by Gasteiger charge is -2.30. The molecule has 0 unspecified atom stereocenters. The summed E-state index contributed by atoms with van der Waals surface area (Å²) in [6.07, 6.45) is 10.1. The van der Waals surface area contributed by atoms with E-state index >= 15 is 0 Å². The molecule has 96 valence electrons. The van der Waals surface area contributed by atoms with Crippen LogP contribution in [0.5, 0.6) is 0 Å². The molecule has 0 spiro atoms. The molecular formula is C13H23N3S. The molecule has 0 saturated heterocycles. The Kier molecular flexibility index (Phi) is 4.77. The topological polar surface area (TPSA) is 36.4 Å². The van der Waals surface area contributed by atoms with Crippen LogP contribution in [0.4, 0.5) is 0 Å². The first kappa shape index (κ1) is 12.8. The third kappa shape index (κ3) is 3.95. The monoisotopic (exact) mass is 253 g/mol. The minimum absolute atomic E-state index is 0.535. The highest BCUT2D eigenvalue weighted by molar-refractivity contribution is 7.80. The zero-order valence-electron chi connectivity index (χ0n) is 10.7. The van der Waals surface area contributed by atoms with Gasteiger partial charge in [0.1, 0.15) is 0 Å². The van der Waals surface area contributed by atoms with Gasteiger partial charge in [0.2, 0.25) is 0 Å². The molecule has 0 aliphatic heterocycles. The molecule has 0 amide bonds. The summed E-state index contributed by atoms with van der Waals surface area (Å²) in [7, 11) is 0. The number of hydrazone groups is 1. The van der Waals surface area contributed by atoms with E-state index in [0.717, 1.165) is 18.8 Å². The second-order valence-electron chi connectivity index (χ2n) is 5.34. The van der Waals surface area contributed by atoms with E-state index in [2.05, 4.69) is 22.8 Å². The Bertz CT molecular complexity index is 293. The minimum Gasteiger partial charge on any atom is -0.358 e. The standard InChI is InChI=1S/C13H23N3S/c1-10-6-2-5-9-12(10)14-13(17)16-15-11-7-3-4-8-11/h10,12H,2-9H2,1H3,(H2,14,16,17)/t10-,12-/m1/s1. The van der Waals surface area contributed by atoms with E-state index in [0.29, 0.717) is 11.2 Å². The van der Waals surface area contributed by atoms with Crippen LogP contribution in [0.15, 0.2) is 5.10 Å². The predicted octanol–water partition coefficient (Wildman–Crippen LogP) is 2.96. The Balaban J connectivity index is 1.74. The van der Waals surface area contributed by atoms with Crippen molar-refractivity contribution in [1.82, 2.24) is 10.7 Å². The molecule has 2 rings (SSSR count). The fraction of sp³-hybridized carbons (Fsp3) is 0.846. The van der Waals surface area contributed by atoms with E-state index in [1.165, 1.54) is 44.2 Å². The summed E-state index contributed by atoms with van der Waals surface area (Å²) in [5.74, 6) is 0.725. The van der Waals surface area contributed by atoms with Gasteiger partial charge in [0.25, 0.3) is 0 Å². The molecule has 2 aliphatic rings. The van der Waals surface area contributed by atoms with Crippen LogP contribution in [-0.2, 0) is 0 Å². The van der Waals surface area contributed by atoms with Gasteiger partial charge in [-0.2, -0.15) is 5.10 Å². The predicted molar refractivity (Wildman–Crippen MR) is 76.2 cm³/mol. The number of nitrogens with zero attached hydrogens (tertiary/aromatic N) is 1. The normalized spacial score (nSPS) is 28.9. The maximum Gasteiger partial charge on any atom is 0.187 e. The van der Waals surface area contributed by atoms with Gasteiger partial charge in [-0.25, -0.2) is 0 Å². The Morgan fingerprint density at radius 1 is 1.18 bits per heavy atom. The SMILES string of the molecule is C[C@@H]1CCCC[C@H]1NC(=S)NN=C1CCCC1. The molecule has 0 radical (unpaired) electrons. The van der Waals surface area contributed by atoms with E-state index in [-0.39, 0.29) is 0 Å². The van der Waals surface area contributed by atoms with Gasteiger partial charge in [-0.15, -0.1) is 0 Å².